The van der Waals surface area contributed by atoms with Gasteiger partial charge in [-0.15, -0.1) is 0 Å². The van der Waals surface area contributed by atoms with Gasteiger partial charge in [-0.25, -0.2) is 0 Å². The van der Waals surface area contributed by atoms with Crippen molar-refractivity contribution in [2.75, 3.05) is 13.1 Å². The molecule has 2 atom stereocenters. The van der Waals surface area contributed by atoms with Crippen LogP contribution in [0.5, 0.6) is 0 Å². The van der Waals surface area contributed by atoms with Crippen molar-refractivity contribution in [3.63, 3.8) is 0 Å². The van der Waals surface area contributed by atoms with Gasteiger partial charge in [0.25, 0.3) is 0 Å². The van der Waals surface area contributed by atoms with Gasteiger partial charge in [-0.1, -0.05) is 12.1 Å². The first-order valence-electron chi connectivity index (χ1n) is 5.68. The van der Waals surface area contributed by atoms with Crippen LogP contribution in [0.15, 0.2) is 24.4 Å². The Labute approximate surface area is 90.4 Å². The number of hydrogen-bond acceptors (Lipinski definition) is 2. The average Bonchev–Trinajstić information content (AvgIpc) is 2.77. The highest BCUT2D eigenvalue weighted by Gasteiger charge is 2.32. The second-order valence-corrected chi connectivity index (χ2v) is 4.61. The molecule has 2 heteroatoms. The summed E-state index contributed by atoms with van der Waals surface area (Å²) in [6, 6.07) is 4.23. The smallest absolute Gasteiger partial charge is 0.0447 e. The molecule has 1 fully saturated rings. The highest BCUT2D eigenvalue weighted by atomic mass is 14.9. The molecule has 1 aliphatic heterocycles. The molecule has 1 saturated heterocycles. The maximum atomic E-state index is 4.36. The highest BCUT2D eigenvalue weighted by Crippen LogP contribution is 2.38. The van der Waals surface area contributed by atoms with Gasteiger partial charge in [-0.2, -0.15) is 0 Å². The molecule has 3 rings (SSSR count). The molecule has 0 saturated carbocycles. The predicted octanol–water partition coefficient (Wildman–Crippen LogP) is 2.01. The molecule has 78 valence electrons. The summed E-state index contributed by atoms with van der Waals surface area (Å²) in [7, 11) is 0. The minimum atomic E-state index is 0.764. The lowest BCUT2D eigenvalue weighted by atomic mass is 9.98. The molecule has 0 radical (unpaired) electrons. The van der Waals surface area contributed by atoms with Crippen LogP contribution in [0.2, 0.25) is 0 Å². The van der Waals surface area contributed by atoms with Gasteiger partial charge in [-0.05, 0) is 48.9 Å². The van der Waals surface area contributed by atoms with E-state index in [0.717, 1.165) is 24.1 Å². The molecule has 1 aliphatic carbocycles. The molecular formula is C13H16N2. The van der Waals surface area contributed by atoms with Gasteiger partial charge >= 0.3 is 0 Å². The molecule has 2 aliphatic rings. The first-order chi connectivity index (χ1) is 7.34. The molecule has 2 nitrogen and oxygen atoms in total. The number of aryl methyl sites for hydroxylation is 1. The number of rotatable bonds is 1. The fraction of sp³-hybridized carbons (Fsp3) is 0.462. The quantitative estimate of drug-likeness (QED) is 0.750. The van der Waals surface area contributed by atoms with E-state index in [1.165, 1.54) is 24.1 Å². The molecule has 0 spiro atoms. The zero-order chi connectivity index (χ0) is 10.3. The Bertz CT molecular complexity index is 409. The standard InChI is InChI=1S/C13H16N2/c1-9-13(3-2-4-15-9)10-5-11-7-14-8-12(11)6-10/h2-5,11-12,14H,6-8H2,1H3. The van der Waals surface area contributed by atoms with Crippen LogP contribution in [-0.2, 0) is 0 Å². The van der Waals surface area contributed by atoms with E-state index >= 15 is 0 Å². The Kier molecular flexibility index (Phi) is 2.10. The Balaban J connectivity index is 1.93. The number of nitrogens with one attached hydrogen (secondary N) is 1. The van der Waals surface area contributed by atoms with Crippen molar-refractivity contribution in [3.8, 4) is 0 Å². The van der Waals surface area contributed by atoms with Gasteiger partial charge in [-0.3, -0.25) is 4.98 Å². The van der Waals surface area contributed by atoms with E-state index in [0.29, 0.717) is 0 Å². The van der Waals surface area contributed by atoms with Crippen molar-refractivity contribution in [1.29, 1.82) is 0 Å². The van der Waals surface area contributed by atoms with Crippen LogP contribution < -0.4 is 5.32 Å². The van der Waals surface area contributed by atoms with E-state index in [2.05, 4.69) is 29.4 Å². The number of allylic oxidation sites excluding steroid dienone is 1. The first-order valence-corrected chi connectivity index (χ1v) is 5.68. The van der Waals surface area contributed by atoms with Crippen LogP contribution in [0.25, 0.3) is 5.57 Å². The van der Waals surface area contributed by atoms with Gasteiger partial charge in [0, 0.05) is 18.4 Å². The molecular weight excluding hydrogens is 184 g/mol. The summed E-state index contributed by atoms with van der Waals surface area (Å²) in [5.41, 5.74) is 4.03. The van der Waals surface area contributed by atoms with Crippen LogP contribution in [0, 0.1) is 18.8 Å². The van der Waals surface area contributed by atoms with E-state index in [1.54, 1.807) is 0 Å². The van der Waals surface area contributed by atoms with Crippen molar-refractivity contribution in [3.05, 3.63) is 35.7 Å². The van der Waals surface area contributed by atoms with E-state index in [4.69, 9.17) is 0 Å². The third-order valence-corrected chi connectivity index (χ3v) is 3.64. The molecule has 1 N–H and O–H groups in total. The van der Waals surface area contributed by atoms with Crippen molar-refractivity contribution in [1.82, 2.24) is 10.3 Å². The summed E-state index contributed by atoms with van der Waals surface area (Å²) in [5.74, 6) is 1.60. The zero-order valence-corrected chi connectivity index (χ0v) is 9.03. The predicted molar refractivity (Wildman–Crippen MR) is 61.4 cm³/mol. The molecule has 0 aromatic carbocycles. The van der Waals surface area contributed by atoms with Gasteiger partial charge in [0.2, 0.25) is 0 Å². The van der Waals surface area contributed by atoms with E-state index in [1.807, 2.05) is 12.3 Å². The first kappa shape index (κ1) is 9.10. The van der Waals surface area contributed by atoms with E-state index in [-0.39, 0.29) is 0 Å². The van der Waals surface area contributed by atoms with Crippen molar-refractivity contribution >= 4 is 5.57 Å². The SMILES string of the molecule is Cc1ncccc1C1=CC2CNCC2C1. The Hall–Kier alpha value is -1.15. The second kappa shape index (κ2) is 3.46. The number of fused-ring (bicyclic) bond motifs is 1. The van der Waals surface area contributed by atoms with Gasteiger partial charge < -0.3 is 5.32 Å². The van der Waals surface area contributed by atoms with Crippen molar-refractivity contribution in [2.45, 2.75) is 13.3 Å². The fourth-order valence-corrected chi connectivity index (χ4v) is 2.80. The van der Waals surface area contributed by atoms with Crippen LogP contribution >= 0.6 is 0 Å². The van der Waals surface area contributed by atoms with E-state index < -0.39 is 0 Å². The number of pyridine rings is 1. The van der Waals surface area contributed by atoms with Crippen LogP contribution in [0.4, 0.5) is 0 Å². The van der Waals surface area contributed by atoms with E-state index in [9.17, 15) is 0 Å². The van der Waals surface area contributed by atoms with Gasteiger partial charge in [0.05, 0.1) is 0 Å². The van der Waals surface area contributed by atoms with Crippen LogP contribution in [-0.4, -0.2) is 18.1 Å². The highest BCUT2D eigenvalue weighted by molar-refractivity contribution is 5.69. The Morgan fingerprint density at radius 3 is 3.13 bits per heavy atom. The number of hydrogen-bond donors (Lipinski definition) is 1. The molecule has 1 aromatic rings. The Morgan fingerprint density at radius 1 is 1.40 bits per heavy atom. The maximum Gasteiger partial charge on any atom is 0.0447 e. The summed E-state index contributed by atoms with van der Waals surface area (Å²) in [6.45, 7) is 4.44. The normalized spacial score (nSPS) is 29.0. The zero-order valence-electron chi connectivity index (χ0n) is 9.03. The fourth-order valence-electron chi connectivity index (χ4n) is 2.80. The number of nitrogens with zero attached hydrogens (tertiary/aromatic N) is 1. The summed E-state index contributed by atoms with van der Waals surface area (Å²) < 4.78 is 0. The van der Waals surface area contributed by atoms with Gasteiger partial charge in [0.1, 0.15) is 0 Å². The molecule has 0 bridgehead atoms. The van der Waals surface area contributed by atoms with Crippen molar-refractivity contribution in [2.24, 2.45) is 11.8 Å². The number of aromatic nitrogens is 1. The molecule has 1 aromatic heterocycles. The summed E-state index contributed by atoms with van der Waals surface area (Å²) in [4.78, 5) is 4.36. The monoisotopic (exact) mass is 200 g/mol. The Morgan fingerprint density at radius 2 is 2.33 bits per heavy atom. The molecule has 15 heavy (non-hydrogen) atoms. The third kappa shape index (κ3) is 1.49. The molecule has 2 unspecified atom stereocenters. The molecule has 0 amide bonds. The minimum absolute atomic E-state index is 0.764. The third-order valence-electron chi connectivity index (χ3n) is 3.64. The lowest BCUT2D eigenvalue weighted by Gasteiger charge is -2.08. The largest absolute Gasteiger partial charge is 0.316 e. The second-order valence-electron chi connectivity index (χ2n) is 4.61. The molecule has 2 heterocycles. The summed E-state index contributed by atoms with van der Waals surface area (Å²) in [5, 5.41) is 3.45. The van der Waals surface area contributed by atoms with Gasteiger partial charge in [0.15, 0.2) is 0 Å². The van der Waals surface area contributed by atoms with Crippen LogP contribution in [0.3, 0.4) is 0 Å². The maximum absolute atomic E-state index is 4.36. The lowest BCUT2D eigenvalue weighted by molar-refractivity contribution is 0.536. The van der Waals surface area contributed by atoms with Crippen LogP contribution in [0.1, 0.15) is 17.7 Å². The van der Waals surface area contributed by atoms with Crippen molar-refractivity contribution < 1.29 is 0 Å². The summed E-state index contributed by atoms with van der Waals surface area (Å²) >= 11 is 0. The topological polar surface area (TPSA) is 24.9 Å². The average molecular weight is 200 g/mol. The summed E-state index contributed by atoms with van der Waals surface area (Å²) in [6.07, 6.45) is 5.55. The lowest BCUT2D eigenvalue weighted by Crippen LogP contribution is -2.09. The minimum Gasteiger partial charge on any atom is -0.316 e.